The zero-order chi connectivity index (χ0) is 14.6. The lowest BCUT2D eigenvalue weighted by Gasteiger charge is -2.45. The first-order valence-electron chi connectivity index (χ1n) is 7.07. The third-order valence-corrected chi connectivity index (χ3v) is 3.59. The molecular weight excluding hydrogens is 242 g/mol. The predicted octanol–water partition coefficient (Wildman–Crippen LogP) is 0.844. The van der Waals surface area contributed by atoms with Crippen molar-refractivity contribution in [2.75, 3.05) is 26.2 Å². The molecular formula is C14H27N3O2. The molecule has 0 radical (unpaired) electrons. The number of carbonyl (C=O) groups is 2. The molecule has 0 aromatic heterocycles. The van der Waals surface area contributed by atoms with Gasteiger partial charge in [-0.05, 0) is 27.2 Å². The second-order valence-corrected chi connectivity index (χ2v) is 6.14. The highest BCUT2D eigenvalue weighted by Gasteiger charge is 2.37. The molecule has 1 N–H and O–H groups in total. The first kappa shape index (κ1) is 16.0. The fourth-order valence-electron chi connectivity index (χ4n) is 2.36. The van der Waals surface area contributed by atoms with Crippen molar-refractivity contribution in [3.8, 4) is 0 Å². The summed E-state index contributed by atoms with van der Waals surface area (Å²) in [6.45, 7) is 12.7. The van der Waals surface area contributed by atoms with Gasteiger partial charge in [0, 0.05) is 38.6 Å². The van der Waals surface area contributed by atoms with Crippen LogP contribution < -0.4 is 5.32 Å². The lowest BCUT2D eigenvalue weighted by molar-refractivity contribution is -0.143. The standard InChI is InChI=1S/C14H27N3O2/c1-6-7-15-13(19)12-10-16(14(3,4)5)8-9-17(12)11(2)18/h12H,6-10H2,1-5H3,(H,15,19). The molecule has 0 aromatic carbocycles. The van der Waals surface area contributed by atoms with Gasteiger partial charge < -0.3 is 10.2 Å². The van der Waals surface area contributed by atoms with Crippen molar-refractivity contribution in [3.63, 3.8) is 0 Å². The number of carbonyl (C=O) groups excluding carboxylic acids is 2. The molecule has 0 saturated carbocycles. The summed E-state index contributed by atoms with van der Waals surface area (Å²) < 4.78 is 0. The van der Waals surface area contributed by atoms with E-state index < -0.39 is 0 Å². The van der Waals surface area contributed by atoms with Gasteiger partial charge in [-0.2, -0.15) is 0 Å². The number of hydrogen-bond acceptors (Lipinski definition) is 3. The van der Waals surface area contributed by atoms with E-state index in [1.807, 2.05) is 6.92 Å². The van der Waals surface area contributed by atoms with Crippen molar-refractivity contribution in [3.05, 3.63) is 0 Å². The summed E-state index contributed by atoms with van der Waals surface area (Å²) in [5.41, 5.74) is 0.0200. The van der Waals surface area contributed by atoms with Crippen molar-refractivity contribution in [2.24, 2.45) is 0 Å². The van der Waals surface area contributed by atoms with Crippen LogP contribution >= 0.6 is 0 Å². The first-order chi connectivity index (χ1) is 8.77. The molecule has 19 heavy (non-hydrogen) atoms. The second kappa shape index (κ2) is 6.37. The molecule has 0 bridgehead atoms. The van der Waals surface area contributed by atoms with Crippen LogP contribution in [0.5, 0.6) is 0 Å². The average Bonchev–Trinajstić information content (AvgIpc) is 2.33. The van der Waals surface area contributed by atoms with Crippen LogP contribution in [0.1, 0.15) is 41.0 Å². The molecule has 1 atom stereocenters. The molecule has 0 aliphatic carbocycles. The molecule has 1 aliphatic heterocycles. The summed E-state index contributed by atoms with van der Waals surface area (Å²) in [5.74, 6) is -0.0591. The smallest absolute Gasteiger partial charge is 0.244 e. The Kier molecular flexibility index (Phi) is 5.35. The summed E-state index contributed by atoms with van der Waals surface area (Å²) in [6, 6.07) is -0.364. The van der Waals surface area contributed by atoms with Gasteiger partial charge in [-0.15, -0.1) is 0 Å². The highest BCUT2D eigenvalue weighted by molar-refractivity contribution is 5.87. The number of rotatable bonds is 3. The van der Waals surface area contributed by atoms with Gasteiger partial charge in [0.2, 0.25) is 11.8 Å². The van der Waals surface area contributed by atoms with Crippen LogP contribution in [-0.2, 0) is 9.59 Å². The van der Waals surface area contributed by atoms with E-state index >= 15 is 0 Å². The topological polar surface area (TPSA) is 52.7 Å². The van der Waals surface area contributed by atoms with Crippen LogP contribution in [-0.4, -0.2) is 59.4 Å². The van der Waals surface area contributed by atoms with Gasteiger partial charge in [0.15, 0.2) is 0 Å². The number of nitrogens with zero attached hydrogens (tertiary/aromatic N) is 2. The lowest BCUT2D eigenvalue weighted by atomic mass is 10.0. The fourth-order valence-corrected chi connectivity index (χ4v) is 2.36. The van der Waals surface area contributed by atoms with Gasteiger partial charge in [-0.1, -0.05) is 6.92 Å². The fraction of sp³-hybridized carbons (Fsp3) is 0.857. The maximum Gasteiger partial charge on any atom is 0.244 e. The molecule has 1 unspecified atom stereocenters. The Morgan fingerprint density at radius 3 is 2.37 bits per heavy atom. The summed E-state index contributed by atoms with van der Waals surface area (Å²) in [4.78, 5) is 27.8. The van der Waals surface area contributed by atoms with Crippen LogP contribution in [0.15, 0.2) is 0 Å². The maximum absolute atomic E-state index is 12.2. The number of amides is 2. The summed E-state index contributed by atoms with van der Waals surface area (Å²) in [6.07, 6.45) is 0.904. The van der Waals surface area contributed by atoms with E-state index in [4.69, 9.17) is 0 Å². The molecule has 5 nitrogen and oxygen atoms in total. The molecule has 1 heterocycles. The Labute approximate surface area is 116 Å². The van der Waals surface area contributed by atoms with E-state index in [2.05, 4.69) is 31.0 Å². The van der Waals surface area contributed by atoms with Crippen molar-refractivity contribution in [1.82, 2.24) is 15.1 Å². The van der Waals surface area contributed by atoms with Crippen molar-refractivity contribution >= 4 is 11.8 Å². The molecule has 110 valence electrons. The third-order valence-electron chi connectivity index (χ3n) is 3.59. The highest BCUT2D eigenvalue weighted by atomic mass is 16.2. The predicted molar refractivity (Wildman–Crippen MR) is 75.8 cm³/mol. The molecule has 1 rings (SSSR count). The largest absolute Gasteiger partial charge is 0.354 e. The molecule has 1 fully saturated rings. The van der Waals surface area contributed by atoms with E-state index in [0.29, 0.717) is 19.6 Å². The molecule has 1 aliphatic rings. The molecule has 2 amide bonds. The van der Waals surface area contributed by atoms with Gasteiger partial charge in [-0.3, -0.25) is 14.5 Å². The van der Waals surface area contributed by atoms with E-state index in [1.165, 1.54) is 6.92 Å². The molecule has 0 spiro atoms. The van der Waals surface area contributed by atoms with Gasteiger partial charge in [-0.25, -0.2) is 0 Å². The van der Waals surface area contributed by atoms with Crippen molar-refractivity contribution < 1.29 is 9.59 Å². The maximum atomic E-state index is 12.2. The zero-order valence-corrected chi connectivity index (χ0v) is 12.8. The molecule has 1 saturated heterocycles. The van der Waals surface area contributed by atoms with Gasteiger partial charge >= 0.3 is 0 Å². The van der Waals surface area contributed by atoms with Crippen LogP contribution in [0.4, 0.5) is 0 Å². The molecule has 5 heteroatoms. The third kappa shape index (κ3) is 4.20. The summed E-state index contributed by atoms with van der Waals surface area (Å²) in [5, 5.41) is 2.90. The highest BCUT2D eigenvalue weighted by Crippen LogP contribution is 2.19. The quantitative estimate of drug-likeness (QED) is 0.826. The van der Waals surface area contributed by atoms with E-state index in [9.17, 15) is 9.59 Å². The lowest BCUT2D eigenvalue weighted by Crippen LogP contribution is -2.63. The van der Waals surface area contributed by atoms with E-state index in [1.54, 1.807) is 4.90 Å². The van der Waals surface area contributed by atoms with E-state index in [0.717, 1.165) is 13.0 Å². The molecule has 0 aromatic rings. The minimum atomic E-state index is -0.364. The number of nitrogens with one attached hydrogen (secondary N) is 1. The second-order valence-electron chi connectivity index (χ2n) is 6.14. The van der Waals surface area contributed by atoms with Gasteiger partial charge in [0.1, 0.15) is 6.04 Å². The summed E-state index contributed by atoms with van der Waals surface area (Å²) >= 11 is 0. The van der Waals surface area contributed by atoms with Crippen LogP contribution in [0.3, 0.4) is 0 Å². The first-order valence-corrected chi connectivity index (χ1v) is 7.07. The Hall–Kier alpha value is -1.10. The zero-order valence-electron chi connectivity index (χ0n) is 12.8. The summed E-state index contributed by atoms with van der Waals surface area (Å²) in [7, 11) is 0. The van der Waals surface area contributed by atoms with Gasteiger partial charge in [0.05, 0.1) is 0 Å². The Morgan fingerprint density at radius 2 is 1.89 bits per heavy atom. The van der Waals surface area contributed by atoms with E-state index in [-0.39, 0.29) is 23.4 Å². The minimum Gasteiger partial charge on any atom is -0.354 e. The SMILES string of the molecule is CCCNC(=O)C1CN(C(C)(C)C)CCN1C(C)=O. The van der Waals surface area contributed by atoms with Crippen LogP contribution in [0.2, 0.25) is 0 Å². The Morgan fingerprint density at radius 1 is 1.26 bits per heavy atom. The number of hydrogen-bond donors (Lipinski definition) is 1. The van der Waals surface area contributed by atoms with Crippen molar-refractivity contribution in [2.45, 2.75) is 52.6 Å². The monoisotopic (exact) mass is 269 g/mol. The minimum absolute atomic E-state index is 0.0200. The number of piperazine rings is 1. The normalized spacial score (nSPS) is 21.3. The Balaban J connectivity index is 2.79. The average molecular weight is 269 g/mol. The van der Waals surface area contributed by atoms with Crippen molar-refractivity contribution in [1.29, 1.82) is 0 Å². The van der Waals surface area contributed by atoms with Gasteiger partial charge in [0.25, 0.3) is 0 Å². The van der Waals surface area contributed by atoms with Crippen LogP contribution in [0.25, 0.3) is 0 Å². The Bertz CT molecular complexity index is 336. The van der Waals surface area contributed by atoms with Crippen LogP contribution in [0, 0.1) is 0 Å².